The lowest BCUT2D eigenvalue weighted by Gasteiger charge is -2.34. The SMILES string of the molecule is CC(C)[C@H](C)NC(=O)CN1CCN(S(=O)(=O)c2ccccc2C(F)(F)F)CC1. The first kappa shape index (κ1) is 22.6. The zero-order valence-electron chi connectivity index (χ0n) is 16.2. The fourth-order valence-corrected chi connectivity index (χ4v) is 4.50. The van der Waals surface area contributed by atoms with Crippen molar-refractivity contribution in [2.75, 3.05) is 32.7 Å². The van der Waals surface area contributed by atoms with Gasteiger partial charge in [0.15, 0.2) is 0 Å². The maximum Gasteiger partial charge on any atom is 0.417 e. The maximum absolute atomic E-state index is 13.2. The summed E-state index contributed by atoms with van der Waals surface area (Å²) >= 11 is 0. The van der Waals surface area contributed by atoms with Crippen LogP contribution in [0.2, 0.25) is 0 Å². The second-order valence-corrected chi connectivity index (χ2v) is 9.18. The van der Waals surface area contributed by atoms with Crippen LogP contribution in [0.15, 0.2) is 29.2 Å². The lowest BCUT2D eigenvalue weighted by molar-refractivity contribution is -0.140. The monoisotopic (exact) mass is 421 g/mol. The zero-order chi connectivity index (χ0) is 21.1. The van der Waals surface area contributed by atoms with Crippen LogP contribution >= 0.6 is 0 Å². The van der Waals surface area contributed by atoms with Gasteiger partial charge in [0.05, 0.1) is 17.0 Å². The van der Waals surface area contributed by atoms with Crippen molar-refractivity contribution in [2.45, 2.75) is 37.9 Å². The Morgan fingerprint density at radius 2 is 1.68 bits per heavy atom. The highest BCUT2D eigenvalue weighted by molar-refractivity contribution is 7.89. The number of nitrogens with zero attached hydrogens (tertiary/aromatic N) is 2. The third-order valence-electron chi connectivity index (χ3n) is 4.90. The molecule has 1 aromatic carbocycles. The summed E-state index contributed by atoms with van der Waals surface area (Å²) in [4.78, 5) is 13.1. The number of nitrogens with one attached hydrogen (secondary N) is 1. The van der Waals surface area contributed by atoms with Crippen LogP contribution in [-0.4, -0.2) is 62.3 Å². The maximum atomic E-state index is 13.2. The van der Waals surface area contributed by atoms with Crippen LogP contribution < -0.4 is 5.32 Å². The highest BCUT2D eigenvalue weighted by atomic mass is 32.2. The molecule has 10 heteroatoms. The van der Waals surface area contributed by atoms with Crippen molar-refractivity contribution in [2.24, 2.45) is 5.92 Å². The largest absolute Gasteiger partial charge is 0.417 e. The summed E-state index contributed by atoms with van der Waals surface area (Å²) in [6.45, 7) is 6.63. The Morgan fingerprint density at radius 3 is 2.21 bits per heavy atom. The molecule has 6 nitrogen and oxygen atoms in total. The van der Waals surface area contributed by atoms with Gasteiger partial charge >= 0.3 is 6.18 Å². The number of sulfonamides is 1. The smallest absolute Gasteiger partial charge is 0.352 e. The number of halogens is 3. The summed E-state index contributed by atoms with van der Waals surface area (Å²) in [5, 5.41) is 2.88. The minimum Gasteiger partial charge on any atom is -0.352 e. The average Bonchev–Trinajstić information content (AvgIpc) is 2.61. The van der Waals surface area contributed by atoms with E-state index in [1.165, 1.54) is 6.07 Å². The molecule has 1 amide bonds. The molecule has 2 rings (SSSR count). The van der Waals surface area contributed by atoms with Gasteiger partial charge in [-0.15, -0.1) is 0 Å². The number of carbonyl (C=O) groups excluding carboxylic acids is 1. The van der Waals surface area contributed by atoms with Gasteiger partial charge in [-0.1, -0.05) is 26.0 Å². The molecule has 158 valence electrons. The first-order valence-electron chi connectivity index (χ1n) is 9.11. The number of amides is 1. The van der Waals surface area contributed by atoms with Crippen LogP contribution in [0, 0.1) is 5.92 Å². The van der Waals surface area contributed by atoms with Crippen molar-refractivity contribution in [3.05, 3.63) is 29.8 Å². The normalized spacial score (nSPS) is 18.2. The van der Waals surface area contributed by atoms with Crippen LogP contribution in [0.4, 0.5) is 13.2 Å². The van der Waals surface area contributed by atoms with Crippen molar-refractivity contribution in [1.82, 2.24) is 14.5 Å². The Labute approximate surface area is 163 Å². The zero-order valence-corrected chi connectivity index (χ0v) is 17.0. The van der Waals surface area contributed by atoms with Gasteiger partial charge in [-0.05, 0) is 25.0 Å². The van der Waals surface area contributed by atoms with E-state index in [1.54, 1.807) is 4.90 Å². The average molecular weight is 421 g/mol. The Balaban J connectivity index is 2.02. The molecule has 0 saturated carbocycles. The van der Waals surface area contributed by atoms with E-state index in [9.17, 15) is 26.4 Å². The van der Waals surface area contributed by atoms with Crippen LogP contribution in [-0.2, 0) is 21.0 Å². The van der Waals surface area contributed by atoms with Gasteiger partial charge < -0.3 is 5.32 Å². The second-order valence-electron chi connectivity index (χ2n) is 7.27. The molecule has 0 aromatic heterocycles. The molecule has 1 aliphatic heterocycles. The quantitative estimate of drug-likeness (QED) is 0.765. The number of carbonyl (C=O) groups is 1. The molecule has 1 aromatic rings. The van der Waals surface area contributed by atoms with E-state index in [0.717, 1.165) is 22.5 Å². The third-order valence-corrected chi connectivity index (χ3v) is 6.85. The van der Waals surface area contributed by atoms with Gasteiger partial charge in [-0.2, -0.15) is 17.5 Å². The van der Waals surface area contributed by atoms with E-state index >= 15 is 0 Å². The molecule has 1 N–H and O–H groups in total. The molecule has 0 aliphatic carbocycles. The fraction of sp³-hybridized carbons (Fsp3) is 0.611. The molecular formula is C18H26F3N3O3S. The molecule has 1 heterocycles. The molecule has 0 spiro atoms. The minimum atomic E-state index is -4.75. The predicted molar refractivity (Wildman–Crippen MR) is 99.1 cm³/mol. The molecule has 1 fully saturated rings. The van der Waals surface area contributed by atoms with Gasteiger partial charge in [0.2, 0.25) is 15.9 Å². The van der Waals surface area contributed by atoms with Gasteiger partial charge in [0.1, 0.15) is 0 Å². The van der Waals surface area contributed by atoms with Gasteiger partial charge in [-0.3, -0.25) is 9.69 Å². The van der Waals surface area contributed by atoms with E-state index < -0.39 is 26.7 Å². The third kappa shape index (κ3) is 5.45. The summed E-state index contributed by atoms with van der Waals surface area (Å²) in [7, 11) is -4.27. The Morgan fingerprint density at radius 1 is 1.11 bits per heavy atom. The number of hydrogen-bond donors (Lipinski definition) is 1. The van der Waals surface area contributed by atoms with Crippen LogP contribution in [0.5, 0.6) is 0 Å². The van der Waals surface area contributed by atoms with Crippen molar-refractivity contribution in [3.63, 3.8) is 0 Å². The molecule has 0 unspecified atom stereocenters. The van der Waals surface area contributed by atoms with E-state index in [4.69, 9.17) is 0 Å². The summed E-state index contributed by atoms with van der Waals surface area (Å²) < 4.78 is 66.0. The second kappa shape index (κ2) is 8.79. The number of benzene rings is 1. The van der Waals surface area contributed by atoms with E-state index in [2.05, 4.69) is 5.32 Å². The Kier molecular flexibility index (Phi) is 7.11. The van der Waals surface area contributed by atoms with Crippen molar-refractivity contribution in [1.29, 1.82) is 0 Å². The van der Waals surface area contributed by atoms with E-state index in [-0.39, 0.29) is 44.7 Å². The standard InChI is InChI=1S/C18H26F3N3O3S/c1-13(2)14(3)22-17(25)12-23-8-10-24(11-9-23)28(26,27)16-7-5-4-6-15(16)18(19,20)21/h4-7,13-14H,8-12H2,1-3H3,(H,22,25)/t14-/m0/s1. The number of alkyl halides is 3. The van der Waals surface area contributed by atoms with Crippen molar-refractivity contribution >= 4 is 15.9 Å². The van der Waals surface area contributed by atoms with Crippen LogP contribution in [0.1, 0.15) is 26.3 Å². The topological polar surface area (TPSA) is 69.7 Å². The number of piperazine rings is 1. The van der Waals surface area contributed by atoms with Gasteiger partial charge in [0, 0.05) is 32.2 Å². The van der Waals surface area contributed by atoms with Crippen molar-refractivity contribution < 1.29 is 26.4 Å². The van der Waals surface area contributed by atoms with E-state index in [0.29, 0.717) is 5.92 Å². The van der Waals surface area contributed by atoms with Gasteiger partial charge in [-0.25, -0.2) is 8.42 Å². The lowest BCUT2D eigenvalue weighted by atomic mass is 10.1. The molecule has 0 bridgehead atoms. The summed E-state index contributed by atoms with van der Waals surface area (Å²) in [5.74, 6) is 0.138. The molecule has 1 aliphatic rings. The molecule has 28 heavy (non-hydrogen) atoms. The lowest BCUT2D eigenvalue weighted by Crippen LogP contribution is -2.52. The van der Waals surface area contributed by atoms with Crippen LogP contribution in [0.25, 0.3) is 0 Å². The fourth-order valence-electron chi connectivity index (χ4n) is 2.86. The van der Waals surface area contributed by atoms with Crippen LogP contribution in [0.3, 0.4) is 0 Å². The highest BCUT2D eigenvalue weighted by Crippen LogP contribution is 2.35. The Bertz CT molecular complexity index is 789. The van der Waals surface area contributed by atoms with E-state index in [1.807, 2.05) is 20.8 Å². The summed E-state index contributed by atoms with van der Waals surface area (Å²) in [6, 6.07) is 4.21. The first-order chi connectivity index (χ1) is 12.9. The number of hydrogen-bond acceptors (Lipinski definition) is 4. The summed E-state index contributed by atoms with van der Waals surface area (Å²) in [6.07, 6.45) is -4.75. The highest BCUT2D eigenvalue weighted by Gasteiger charge is 2.39. The molecule has 1 saturated heterocycles. The van der Waals surface area contributed by atoms with Gasteiger partial charge in [0.25, 0.3) is 0 Å². The number of rotatable bonds is 6. The Hall–Kier alpha value is -1.65. The first-order valence-corrected chi connectivity index (χ1v) is 10.5. The minimum absolute atomic E-state index is 0.0213. The van der Waals surface area contributed by atoms with Crippen molar-refractivity contribution in [3.8, 4) is 0 Å². The summed E-state index contributed by atoms with van der Waals surface area (Å²) in [5.41, 5.74) is -1.17. The molecular weight excluding hydrogens is 395 g/mol. The predicted octanol–water partition coefficient (Wildman–Crippen LogP) is 2.17. The molecule has 0 radical (unpaired) electrons. The molecule has 1 atom stereocenters.